The molecule has 0 spiro atoms. The SMILES string of the molecule is CN=C(C)NCCCC[C@H](N)C(=O)O.Cl.Cl. The van der Waals surface area contributed by atoms with Gasteiger partial charge >= 0.3 is 5.97 Å². The number of carboxylic acid groups (broad SMARTS) is 1. The Labute approximate surface area is 109 Å². The van der Waals surface area contributed by atoms with Gasteiger partial charge in [0.25, 0.3) is 0 Å². The maximum absolute atomic E-state index is 10.4. The summed E-state index contributed by atoms with van der Waals surface area (Å²) >= 11 is 0. The van der Waals surface area contributed by atoms with Crippen LogP contribution in [0.1, 0.15) is 26.2 Å². The number of nitrogens with one attached hydrogen (secondary N) is 1. The van der Waals surface area contributed by atoms with Crippen LogP contribution in [-0.2, 0) is 4.79 Å². The third-order valence-electron chi connectivity index (χ3n) is 1.98. The minimum absolute atomic E-state index is 0. The van der Waals surface area contributed by atoms with Crippen LogP contribution in [0.2, 0.25) is 0 Å². The van der Waals surface area contributed by atoms with Crippen molar-refractivity contribution in [1.29, 1.82) is 0 Å². The fourth-order valence-corrected chi connectivity index (χ4v) is 0.961. The Kier molecular flexibility index (Phi) is 16.3. The second-order valence-corrected chi connectivity index (χ2v) is 3.18. The maximum atomic E-state index is 10.4. The summed E-state index contributed by atoms with van der Waals surface area (Å²) in [5, 5.41) is 11.6. The lowest BCUT2D eigenvalue weighted by Gasteiger charge is -2.07. The van der Waals surface area contributed by atoms with Gasteiger partial charge in [0, 0.05) is 13.6 Å². The van der Waals surface area contributed by atoms with Crippen molar-refractivity contribution in [2.75, 3.05) is 13.6 Å². The molecular weight excluding hydrogens is 253 g/mol. The molecule has 0 aromatic rings. The Bertz CT molecular complexity index is 213. The molecule has 0 aliphatic carbocycles. The highest BCUT2D eigenvalue weighted by Gasteiger charge is 2.09. The number of unbranched alkanes of at least 4 members (excludes halogenated alkanes) is 1. The molecule has 7 heteroatoms. The van der Waals surface area contributed by atoms with Crippen LogP contribution in [-0.4, -0.2) is 36.5 Å². The van der Waals surface area contributed by atoms with Crippen molar-refractivity contribution in [2.24, 2.45) is 10.7 Å². The van der Waals surface area contributed by atoms with E-state index in [9.17, 15) is 4.79 Å². The standard InChI is InChI=1S/C9H19N3O2.2ClH/c1-7(11-2)12-6-4-3-5-8(10)9(13)14;;/h8H,3-6,10H2,1-2H3,(H,11,12)(H,13,14);2*1H/t8-;;/m0../s1. The van der Waals surface area contributed by atoms with Crippen molar-refractivity contribution in [1.82, 2.24) is 5.32 Å². The predicted molar refractivity (Wildman–Crippen MR) is 71.0 cm³/mol. The fraction of sp³-hybridized carbons (Fsp3) is 0.778. The van der Waals surface area contributed by atoms with Crippen molar-refractivity contribution < 1.29 is 9.90 Å². The van der Waals surface area contributed by atoms with Crippen LogP contribution in [0.25, 0.3) is 0 Å². The van der Waals surface area contributed by atoms with Gasteiger partial charge in [-0.05, 0) is 26.2 Å². The molecule has 98 valence electrons. The van der Waals surface area contributed by atoms with E-state index in [2.05, 4.69) is 10.3 Å². The molecule has 0 aromatic carbocycles. The monoisotopic (exact) mass is 273 g/mol. The summed E-state index contributed by atoms with van der Waals surface area (Å²) in [4.78, 5) is 14.3. The van der Waals surface area contributed by atoms with Gasteiger partial charge in [-0.25, -0.2) is 0 Å². The van der Waals surface area contributed by atoms with Gasteiger partial charge in [-0.1, -0.05) is 0 Å². The van der Waals surface area contributed by atoms with E-state index in [1.807, 2.05) is 6.92 Å². The number of hydrogen-bond acceptors (Lipinski definition) is 3. The van der Waals surface area contributed by atoms with Crippen LogP contribution in [0.5, 0.6) is 0 Å². The van der Waals surface area contributed by atoms with Crippen LogP contribution >= 0.6 is 24.8 Å². The lowest BCUT2D eigenvalue weighted by molar-refractivity contribution is -0.138. The average Bonchev–Trinajstić information content (AvgIpc) is 2.16. The van der Waals surface area contributed by atoms with Crippen LogP contribution in [0, 0.1) is 0 Å². The van der Waals surface area contributed by atoms with Crippen molar-refractivity contribution in [3.63, 3.8) is 0 Å². The molecule has 0 unspecified atom stereocenters. The molecule has 16 heavy (non-hydrogen) atoms. The largest absolute Gasteiger partial charge is 0.480 e. The van der Waals surface area contributed by atoms with E-state index in [-0.39, 0.29) is 24.8 Å². The van der Waals surface area contributed by atoms with Crippen molar-refractivity contribution in [2.45, 2.75) is 32.2 Å². The van der Waals surface area contributed by atoms with Crippen molar-refractivity contribution in [3.05, 3.63) is 0 Å². The molecule has 0 saturated heterocycles. The van der Waals surface area contributed by atoms with E-state index in [0.29, 0.717) is 6.42 Å². The normalized spacial score (nSPS) is 12.1. The zero-order valence-electron chi connectivity index (χ0n) is 9.60. The molecule has 0 aliphatic rings. The molecule has 1 atom stereocenters. The zero-order valence-corrected chi connectivity index (χ0v) is 11.2. The van der Waals surface area contributed by atoms with Gasteiger partial charge in [-0.15, -0.1) is 24.8 Å². The molecule has 0 heterocycles. The number of rotatable bonds is 6. The summed E-state index contributed by atoms with van der Waals surface area (Å²) in [6.45, 7) is 2.71. The molecule has 0 saturated carbocycles. The molecule has 0 radical (unpaired) electrons. The Balaban J connectivity index is -0.000000845. The Hall–Kier alpha value is -0.520. The number of aliphatic carboxylic acids is 1. The summed E-state index contributed by atoms with van der Waals surface area (Å²) in [6, 6.07) is -0.726. The molecule has 0 amide bonds. The Morgan fingerprint density at radius 1 is 1.44 bits per heavy atom. The van der Waals surface area contributed by atoms with Crippen LogP contribution in [0.4, 0.5) is 0 Å². The lowest BCUT2D eigenvalue weighted by atomic mass is 10.1. The van der Waals surface area contributed by atoms with Gasteiger partial charge in [0.05, 0.1) is 5.84 Å². The van der Waals surface area contributed by atoms with E-state index in [1.165, 1.54) is 0 Å². The molecule has 0 bridgehead atoms. The highest BCUT2D eigenvalue weighted by Crippen LogP contribution is 1.98. The van der Waals surface area contributed by atoms with Gasteiger partial charge in [0.2, 0.25) is 0 Å². The van der Waals surface area contributed by atoms with Gasteiger partial charge < -0.3 is 16.2 Å². The minimum Gasteiger partial charge on any atom is -0.480 e. The average molecular weight is 274 g/mol. The van der Waals surface area contributed by atoms with Gasteiger partial charge in [0.1, 0.15) is 6.04 Å². The number of carboxylic acids is 1. The number of carbonyl (C=O) groups is 1. The van der Waals surface area contributed by atoms with E-state index in [1.54, 1.807) is 7.05 Å². The molecule has 0 rings (SSSR count). The van der Waals surface area contributed by atoms with Crippen LogP contribution < -0.4 is 11.1 Å². The first-order chi connectivity index (χ1) is 6.57. The first kappa shape index (κ1) is 20.8. The van der Waals surface area contributed by atoms with Crippen LogP contribution in [0.3, 0.4) is 0 Å². The summed E-state index contributed by atoms with van der Waals surface area (Å²) in [7, 11) is 1.72. The molecule has 0 aromatic heterocycles. The second kappa shape index (κ2) is 12.5. The van der Waals surface area contributed by atoms with Crippen LogP contribution in [0.15, 0.2) is 4.99 Å². The number of aliphatic imine (C=N–C) groups is 1. The number of halogens is 2. The first-order valence-electron chi connectivity index (χ1n) is 4.73. The second-order valence-electron chi connectivity index (χ2n) is 3.18. The Morgan fingerprint density at radius 2 is 2.00 bits per heavy atom. The van der Waals surface area contributed by atoms with Gasteiger partial charge in [-0.2, -0.15) is 0 Å². The summed E-state index contributed by atoms with van der Waals surface area (Å²) < 4.78 is 0. The molecular formula is C9H21Cl2N3O2. The quantitative estimate of drug-likeness (QED) is 0.384. The zero-order chi connectivity index (χ0) is 11.0. The molecule has 0 aliphatic heterocycles. The number of nitrogens with two attached hydrogens (primary N) is 1. The van der Waals surface area contributed by atoms with Crippen molar-refractivity contribution in [3.8, 4) is 0 Å². The summed E-state index contributed by atoms with van der Waals surface area (Å²) in [5.74, 6) is -0.0307. The summed E-state index contributed by atoms with van der Waals surface area (Å²) in [5.41, 5.74) is 5.34. The van der Waals surface area contributed by atoms with E-state index >= 15 is 0 Å². The first-order valence-corrected chi connectivity index (χ1v) is 4.73. The Morgan fingerprint density at radius 3 is 2.44 bits per heavy atom. The van der Waals surface area contributed by atoms with Gasteiger partial charge in [-0.3, -0.25) is 9.79 Å². The molecule has 0 fully saturated rings. The minimum atomic E-state index is -0.927. The van der Waals surface area contributed by atoms with Crippen molar-refractivity contribution >= 4 is 36.6 Å². The molecule has 4 N–H and O–H groups in total. The van der Waals surface area contributed by atoms with E-state index in [0.717, 1.165) is 25.2 Å². The smallest absolute Gasteiger partial charge is 0.320 e. The van der Waals surface area contributed by atoms with E-state index < -0.39 is 12.0 Å². The summed E-state index contributed by atoms with van der Waals surface area (Å²) in [6.07, 6.45) is 2.25. The lowest BCUT2D eigenvalue weighted by Crippen LogP contribution is -2.30. The highest BCUT2D eigenvalue weighted by atomic mass is 35.5. The topological polar surface area (TPSA) is 87.7 Å². The maximum Gasteiger partial charge on any atom is 0.320 e. The third kappa shape index (κ3) is 11.6. The molecule has 5 nitrogen and oxygen atoms in total. The third-order valence-corrected chi connectivity index (χ3v) is 1.98. The number of nitrogens with zero attached hydrogens (tertiary/aromatic N) is 1. The van der Waals surface area contributed by atoms with Gasteiger partial charge in [0.15, 0.2) is 0 Å². The predicted octanol–water partition coefficient (Wildman–Crippen LogP) is 1.05. The highest BCUT2D eigenvalue weighted by molar-refractivity contribution is 5.85. The number of amidine groups is 1. The van der Waals surface area contributed by atoms with E-state index in [4.69, 9.17) is 10.8 Å². The number of hydrogen-bond donors (Lipinski definition) is 3. The fourth-order valence-electron chi connectivity index (χ4n) is 0.961.